The fraction of sp³-hybridized carbons (Fsp3) is 0.571. The third-order valence-electron chi connectivity index (χ3n) is 4.03. The Morgan fingerprint density at radius 3 is 2.71 bits per heavy atom. The number of likely N-dealkylation sites (tertiary alicyclic amines) is 1. The molecule has 1 atom stereocenters. The molecule has 0 saturated carbocycles. The van der Waals surface area contributed by atoms with E-state index >= 15 is 0 Å². The fourth-order valence-corrected chi connectivity index (χ4v) is 2.64. The highest BCUT2D eigenvalue weighted by Crippen LogP contribution is 2.29. The zero-order valence-corrected chi connectivity index (χ0v) is 13.0. The zero-order chi connectivity index (χ0) is 14.9. The zero-order valence-electron chi connectivity index (χ0n) is 12.2. The molecule has 1 unspecified atom stereocenters. The second-order valence-electron chi connectivity index (χ2n) is 6.13. The quantitative estimate of drug-likeness (QED) is 0.687. The molecule has 21 heavy (non-hydrogen) atoms. The SMILES string of the molecule is CC1(C)CN(Cc2ccc([N+](=O)[O-])cc2F)CCC1N.Cl. The molecular weight excluding hydrogens is 297 g/mol. The lowest BCUT2D eigenvalue weighted by Crippen LogP contribution is -2.52. The van der Waals surface area contributed by atoms with Gasteiger partial charge < -0.3 is 5.73 Å². The topological polar surface area (TPSA) is 72.4 Å². The molecule has 1 aromatic rings. The van der Waals surface area contributed by atoms with Gasteiger partial charge >= 0.3 is 0 Å². The van der Waals surface area contributed by atoms with Crippen LogP contribution < -0.4 is 5.73 Å². The summed E-state index contributed by atoms with van der Waals surface area (Å²) in [5.41, 5.74) is 6.34. The van der Waals surface area contributed by atoms with Gasteiger partial charge in [0.25, 0.3) is 5.69 Å². The van der Waals surface area contributed by atoms with Crippen molar-refractivity contribution in [3.05, 3.63) is 39.7 Å². The standard InChI is InChI=1S/C14H20FN3O2.ClH/c1-14(2)9-17(6-5-13(14)16)8-10-3-4-11(18(19)20)7-12(10)15;/h3-4,7,13H,5-6,8-9,16H2,1-2H3;1H. The van der Waals surface area contributed by atoms with Crippen LogP contribution in [-0.4, -0.2) is 29.0 Å². The molecule has 0 amide bonds. The van der Waals surface area contributed by atoms with E-state index in [1.165, 1.54) is 12.1 Å². The number of nitro benzene ring substituents is 1. The molecule has 1 aliphatic heterocycles. The maximum atomic E-state index is 13.9. The molecule has 1 aliphatic rings. The van der Waals surface area contributed by atoms with Crippen molar-refractivity contribution in [2.45, 2.75) is 32.9 Å². The molecule has 0 aliphatic carbocycles. The average molecular weight is 318 g/mol. The predicted octanol–water partition coefficient (Wildman–Crippen LogP) is 2.71. The second kappa shape index (κ2) is 6.68. The van der Waals surface area contributed by atoms with Gasteiger partial charge in [0.05, 0.1) is 11.0 Å². The van der Waals surface area contributed by atoms with Crippen molar-refractivity contribution in [2.75, 3.05) is 13.1 Å². The van der Waals surface area contributed by atoms with Crippen LogP contribution in [0.4, 0.5) is 10.1 Å². The van der Waals surface area contributed by atoms with Gasteiger partial charge in [-0.05, 0) is 17.9 Å². The number of halogens is 2. The summed E-state index contributed by atoms with van der Waals surface area (Å²) in [4.78, 5) is 12.1. The minimum absolute atomic E-state index is 0. The van der Waals surface area contributed by atoms with Gasteiger partial charge in [-0.15, -0.1) is 12.4 Å². The number of non-ortho nitro benzene ring substituents is 1. The Morgan fingerprint density at radius 2 is 2.19 bits per heavy atom. The number of nitro groups is 1. The van der Waals surface area contributed by atoms with E-state index in [0.29, 0.717) is 12.1 Å². The van der Waals surface area contributed by atoms with Crippen LogP contribution in [0.15, 0.2) is 18.2 Å². The van der Waals surface area contributed by atoms with Gasteiger partial charge in [0.15, 0.2) is 0 Å². The lowest BCUT2D eigenvalue weighted by molar-refractivity contribution is -0.385. The van der Waals surface area contributed by atoms with E-state index in [4.69, 9.17) is 5.73 Å². The molecule has 0 radical (unpaired) electrons. The molecule has 1 heterocycles. The first kappa shape index (κ1) is 17.8. The van der Waals surface area contributed by atoms with E-state index in [1.807, 2.05) is 0 Å². The molecule has 0 aromatic heterocycles. The van der Waals surface area contributed by atoms with Crippen molar-refractivity contribution in [3.63, 3.8) is 0 Å². The lowest BCUT2D eigenvalue weighted by atomic mass is 9.79. The number of nitrogens with zero attached hydrogens (tertiary/aromatic N) is 2. The molecule has 0 spiro atoms. The Bertz CT molecular complexity index is 525. The van der Waals surface area contributed by atoms with E-state index < -0.39 is 10.7 Å². The summed E-state index contributed by atoms with van der Waals surface area (Å²) in [6.07, 6.45) is 0.877. The Kier molecular flexibility index (Phi) is 5.67. The van der Waals surface area contributed by atoms with Crippen LogP contribution in [0, 0.1) is 21.3 Å². The van der Waals surface area contributed by atoms with Gasteiger partial charge in [0.1, 0.15) is 5.82 Å². The van der Waals surface area contributed by atoms with E-state index in [0.717, 1.165) is 25.6 Å². The Balaban J connectivity index is 0.00000220. The molecule has 2 N–H and O–H groups in total. The van der Waals surface area contributed by atoms with E-state index in [9.17, 15) is 14.5 Å². The summed E-state index contributed by atoms with van der Waals surface area (Å²) in [7, 11) is 0. The third kappa shape index (κ3) is 4.12. The van der Waals surface area contributed by atoms with Crippen molar-refractivity contribution in [2.24, 2.45) is 11.1 Å². The number of benzene rings is 1. The molecule has 0 bridgehead atoms. The highest BCUT2D eigenvalue weighted by atomic mass is 35.5. The predicted molar refractivity (Wildman–Crippen MR) is 82.0 cm³/mol. The van der Waals surface area contributed by atoms with Crippen LogP contribution in [-0.2, 0) is 6.54 Å². The molecular formula is C14H21ClFN3O2. The summed E-state index contributed by atoms with van der Waals surface area (Å²) in [6.45, 7) is 6.29. The minimum Gasteiger partial charge on any atom is -0.327 e. The molecule has 5 nitrogen and oxygen atoms in total. The first-order chi connectivity index (χ1) is 9.29. The van der Waals surface area contributed by atoms with Crippen molar-refractivity contribution >= 4 is 18.1 Å². The number of nitrogens with two attached hydrogens (primary N) is 1. The average Bonchev–Trinajstić information content (AvgIpc) is 2.35. The Morgan fingerprint density at radius 1 is 1.52 bits per heavy atom. The maximum absolute atomic E-state index is 13.9. The fourth-order valence-electron chi connectivity index (χ4n) is 2.64. The molecule has 7 heteroatoms. The molecule has 118 valence electrons. The van der Waals surface area contributed by atoms with Crippen molar-refractivity contribution < 1.29 is 9.31 Å². The van der Waals surface area contributed by atoms with Crippen LogP contribution >= 0.6 is 12.4 Å². The third-order valence-corrected chi connectivity index (χ3v) is 4.03. The van der Waals surface area contributed by atoms with Gasteiger partial charge in [-0.2, -0.15) is 0 Å². The Hall–Kier alpha value is -1.24. The van der Waals surface area contributed by atoms with E-state index in [2.05, 4.69) is 18.7 Å². The molecule has 1 aromatic carbocycles. The highest BCUT2D eigenvalue weighted by Gasteiger charge is 2.33. The minimum atomic E-state index is -0.587. The summed E-state index contributed by atoms with van der Waals surface area (Å²) >= 11 is 0. The van der Waals surface area contributed by atoms with Crippen LogP contribution in [0.2, 0.25) is 0 Å². The lowest BCUT2D eigenvalue weighted by Gasteiger charge is -2.42. The summed E-state index contributed by atoms with van der Waals surface area (Å²) in [6, 6.07) is 3.98. The van der Waals surface area contributed by atoms with Crippen LogP contribution in [0.5, 0.6) is 0 Å². The number of hydrogen-bond donors (Lipinski definition) is 1. The van der Waals surface area contributed by atoms with Gasteiger partial charge in [0.2, 0.25) is 0 Å². The van der Waals surface area contributed by atoms with Crippen LogP contribution in [0.1, 0.15) is 25.8 Å². The number of piperidine rings is 1. The van der Waals surface area contributed by atoms with Crippen molar-refractivity contribution in [3.8, 4) is 0 Å². The van der Waals surface area contributed by atoms with Crippen LogP contribution in [0.3, 0.4) is 0 Å². The van der Waals surface area contributed by atoms with Crippen molar-refractivity contribution in [1.82, 2.24) is 4.90 Å². The molecule has 1 saturated heterocycles. The van der Waals surface area contributed by atoms with Gasteiger partial charge in [0, 0.05) is 37.3 Å². The van der Waals surface area contributed by atoms with Crippen LogP contribution in [0.25, 0.3) is 0 Å². The highest BCUT2D eigenvalue weighted by molar-refractivity contribution is 5.85. The maximum Gasteiger partial charge on any atom is 0.272 e. The van der Waals surface area contributed by atoms with Crippen molar-refractivity contribution in [1.29, 1.82) is 0 Å². The molecule has 1 fully saturated rings. The van der Waals surface area contributed by atoms with Gasteiger partial charge in [-0.1, -0.05) is 13.8 Å². The first-order valence-electron chi connectivity index (χ1n) is 6.70. The Labute approximate surface area is 129 Å². The van der Waals surface area contributed by atoms with Gasteiger partial charge in [-0.25, -0.2) is 4.39 Å². The number of rotatable bonds is 3. The number of hydrogen-bond acceptors (Lipinski definition) is 4. The van der Waals surface area contributed by atoms with E-state index in [-0.39, 0.29) is 29.6 Å². The summed E-state index contributed by atoms with van der Waals surface area (Å²) in [5, 5.41) is 10.6. The monoisotopic (exact) mass is 317 g/mol. The smallest absolute Gasteiger partial charge is 0.272 e. The molecule has 2 rings (SSSR count). The van der Waals surface area contributed by atoms with E-state index in [1.54, 1.807) is 0 Å². The second-order valence-corrected chi connectivity index (χ2v) is 6.13. The summed E-state index contributed by atoms with van der Waals surface area (Å²) < 4.78 is 13.9. The largest absolute Gasteiger partial charge is 0.327 e. The normalized spacial score (nSPS) is 21.6. The first-order valence-corrected chi connectivity index (χ1v) is 6.70. The summed E-state index contributed by atoms with van der Waals surface area (Å²) in [5.74, 6) is -0.521. The van der Waals surface area contributed by atoms with Gasteiger partial charge in [-0.3, -0.25) is 15.0 Å².